The summed E-state index contributed by atoms with van der Waals surface area (Å²) in [6.45, 7) is 0.801. The molecule has 0 aliphatic carbocycles. The van der Waals surface area contributed by atoms with Gasteiger partial charge in [-0.2, -0.15) is 0 Å². The molecular weight excluding hydrogens is 188 g/mol. The van der Waals surface area contributed by atoms with Gasteiger partial charge >= 0.3 is 0 Å². The Balaban J connectivity index is 2.16. The second kappa shape index (κ2) is 4.03. The van der Waals surface area contributed by atoms with Crippen LogP contribution >= 0.6 is 0 Å². The minimum atomic E-state index is 0.222. The summed E-state index contributed by atoms with van der Waals surface area (Å²) in [6.07, 6.45) is 0.627. The molecule has 1 saturated heterocycles. The van der Waals surface area contributed by atoms with Gasteiger partial charge in [0.05, 0.1) is 0 Å². The molecule has 0 bridgehead atoms. The number of benzene rings is 1. The lowest BCUT2D eigenvalue weighted by Crippen LogP contribution is -2.31. The summed E-state index contributed by atoms with van der Waals surface area (Å²) in [6, 6.07) is 10.2. The number of carbonyl (C=O) groups excluding carboxylic acids is 1. The molecule has 1 aliphatic heterocycles. The van der Waals surface area contributed by atoms with E-state index in [0.29, 0.717) is 12.5 Å². The summed E-state index contributed by atoms with van der Waals surface area (Å²) in [7, 11) is 4.04. The molecule has 0 N–H and O–H groups in total. The van der Waals surface area contributed by atoms with Crippen molar-refractivity contribution in [3.05, 3.63) is 30.3 Å². The number of hydrogen-bond acceptors (Lipinski definition) is 2. The minimum Gasteiger partial charge on any atom is -0.311 e. The zero-order valence-corrected chi connectivity index (χ0v) is 9.18. The lowest BCUT2D eigenvalue weighted by atomic mass is 10.2. The maximum atomic E-state index is 11.8. The molecule has 0 spiro atoms. The standard InChI is InChI=1S/C12H16N2O/c1-13(2)11-8-12(15)14(9-11)10-6-4-3-5-7-10/h3-7,11H,8-9H2,1-2H3. The van der Waals surface area contributed by atoms with Crippen molar-refractivity contribution < 1.29 is 4.79 Å². The van der Waals surface area contributed by atoms with Crippen molar-refractivity contribution >= 4 is 11.6 Å². The van der Waals surface area contributed by atoms with Crippen LogP contribution in [0.4, 0.5) is 5.69 Å². The highest BCUT2D eigenvalue weighted by molar-refractivity contribution is 5.96. The van der Waals surface area contributed by atoms with E-state index in [9.17, 15) is 4.79 Å². The predicted octanol–water partition coefficient (Wildman–Crippen LogP) is 1.35. The Morgan fingerprint density at radius 1 is 1.27 bits per heavy atom. The van der Waals surface area contributed by atoms with Crippen LogP contribution in [0.1, 0.15) is 6.42 Å². The third-order valence-electron chi connectivity index (χ3n) is 2.90. The van der Waals surface area contributed by atoms with Crippen molar-refractivity contribution in [1.82, 2.24) is 4.90 Å². The van der Waals surface area contributed by atoms with Crippen LogP contribution < -0.4 is 4.90 Å². The average molecular weight is 204 g/mol. The Morgan fingerprint density at radius 3 is 2.47 bits per heavy atom. The van der Waals surface area contributed by atoms with Gasteiger partial charge in [-0.1, -0.05) is 18.2 Å². The maximum Gasteiger partial charge on any atom is 0.228 e. The molecule has 1 aromatic rings. The van der Waals surface area contributed by atoms with E-state index < -0.39 is 0 Å². The topological polar surface area (TPSA) is 23.6 Å². The number of hydrogen-bond donors (Lipinski definition) is 0. The van der Waals surface area contributed by atoms with E-state index in [1.54, 1.807) is 0 Å². The number of anilines is 1. The van der Waals surface area contributed by atoms with Crippen molar-refractivity contribution in [2.45, 2.75) is 12.5 Å². The zero-order chi connectivity index (χ0) is 10.8. The lowest BCUT2D eigenvalue weighted by Gasteiger charge is -2.20. The van der Waals surface area contributed by atoms with Gasteiger partial charge in [0, 0.05) is 24.7 Å². The number of carbonyl (C=O) groups is 1. The van der Waals surface area contributed by atoms with Crippen molar-refractivity contribution in [2.24, 2.45) is 0 Å². The fourth-order valence-corrected chi connectivity index (χ4v) is 1.89. The van der Waals surface area contributed by atoms with E-state index in [1.165, 1.54) is 0 Å². The first-order valence-corrected chi connectivity index (χ1v) is 5.20. The van der Waals surface area contributed by atoms with Crippen LogP contribution in [-0.4, -0.2) is 37.5 Å². The first-order chi connectivity index (χ1) is 7.18. The summed E-state index contributed by atoms with van der Waals surface area (Å²) in [5.74, 6) is 0.222. The number of para-hydroxylation sites is 1. The van der Waals surface area contributed by atoms with Gasteiger partial charge in [0.25, 0.3) is 0 Å². The molecule has 1 unspecified atom stereocenters. The van der Waals surface area contributed by atoms with Crippen LogP contribution in [0.3, 0.4) is 0 Å². The van der Waals surface area contributed by atoms with E-state index in [2.05, 4.69) is 4.90 Å². The summed E-state index contributed by atoms with van der Waals surface area (Å²) in [4.78, 5) is 15.8. The lowest BCUT2D eigenvalue weighted by molar-refractivity contribution is -0.117. The minimum absolute atomic E-state index is 0.222. The van der Waals surface area contributed by atoms with Crippen LogP contribution in [0.25, 0.3) is 0 Å². The van der Waals surface area contributed by atoms with Crippen molar-refractivity contribution in [1.29, 1.82) is 0 Å². The Kier molecular flexibility index (Phi) is 2.73. The largest absolute Gasteiger partial charge is 0.311 e. The molecule has 0 radical (unpaired) electrons. The highest BCUT2D eigenvalue weighted by Crippen LogP contribution is 2.22. The Hall–Kier alpha value is -1.35. The van der Waals surface area contributed by atoms with Crippen molar-refractivity contribution in [3.63, 3.8) is 0 Å². The van der Waals surface area contributed by atoms with Gasteiger partial charge in [-0.15, -0.1) is 0 Å². The smallest absolute Gasteiger partial charge is 0.228 e. The van der Waals surface area contributed by atoms with Crippen LogP contribution in [-0.2, 0) is 4.79 Å². The maximum absolute atomic E-state index is 11.8. The number of rotatable bonds is 2. The fraction of sp³-hybridized carbons (Fsp3) is 0.417. The predicted molar refractivity (Wildman–Crippen MR) is 60.9 cm³/mol. The first-order valence-electron chi connectivity index (χ1n) is 5.20. The molecule has 80 valence electrons. The quantitative estimate of drug-likeness (QED) is 0.726. The molecule has 3 nitrogen and oxygen atoms in total. The number of likely N-dealkylation sites (N-methyl/N-ethyl adjacent to an activating group) is 1. The van der Waals surface area contributed by atoms with E-state index in [4.69, 9.17) is 0 Å². The van der Waals surface area contributed by atoms with Gasteiger partial charge in [-0.3, -0.25) is 4.79 Å². The van der Waals surface area contributed by atoms with Gasteiger partial charge in [0.15, 0.2) is 0 Å². The van der Waals surface area contributed by atoms with Gasteiger partial charge in [-0.25, -0.2) is 0 Å². The monoisotopic (exact) mass is 204 g/mol. The van der Waals surface area contributed by atoms with Crippen LogP contribution in [0.15, 0.2) is 30.3 Å². The molecule has 1 atom stereocenters. The van der Waals surface area contributed by atoms with E-state index in [1.807, 2.05) is 49.3 Å². The molecule has 0 saturated carbocycles. The first kappa shape index (κ1) is 10.2. The molecule has 1 heterocycles. The molecular formula is C12H16N2O. The molecule has 3 heteroatoms. The molecule has 1 aliphatic rings. The van der Waals surface area contributed by atoms with Crippen molar-refractivity contribution in [3.8, 4) is 0 Å². The Morgan fingerprint density at radius 2 is 1.93 bits per heavy atom. The summed E-state index contributed by atoms with van der Waals surface area (Å²) in [5.41, 5.74) is 1.01. The van der Waals surface area contributed by atoms with E-state index >= 15 is 0 Å². The fourth-order valence-electron chi connectivity index (χ4n) is 1.89. The number of nitrogens with zero attached hydrogens (tertiary/aromatic N) is 2. The second-order valence-corrected chi connectivity index (χ2v) is 4.16. The SMILES string of the molecule is CN(C)C1CC(=O)N(c2ccccc2)C1. The van der Waals surface area contributed by atoms with Crippen LogP contribution in [0.2, 0.25) is 0 Å². The van der Waals surface area contributed by atoms with Crippen molar-refractivity contribution in [2.75, 3.05) is 25.5 Å². The summed E-state index contributed by atoms with van der Waals surface area (Å²) in [5, 5.41) is 0. The van der Waals surface area contributed by atoms with Gasteiger partial charge in [-0.05, 0) is 26.2 Å². The average Bonchev–Trinajstić information content (AvgIpc) is 2.62. The summed E-state index contributed by atoms with van der Waals surface area (Å²) < 4.78 is 0. The number of amides is 1. The molecule has 15 heavy (non-hydrogen) atoms. The van der Waals surface area contributed by atoms with E-state index in [-0.39, 0.29) is 5.91 Å². The normalized spacial score (nSPS) is 21.4. The zero-order valence-electron chi connectivity index (χ0n) is 9.18. The highest BCUT2D eigenvalue weighted by atomic mass is 16.2. The van der Waals surface area contributed by atoms with E-state index in [0.717, 1.165) is 12.2 Å². The molecule has 1 aromatic carbocycles. The van der Waals surface area contributed by atoms with Gasteiger partial charge in [0.2, 0.25) is 5.91 Å². The Bertz CT molecular complexity index is 348. The molecule has 2 rings (SSSR count). The van der Waals surface area contributed by atoms with Crippen LogP contribution in [0, 0.1) is 0 Å². The van der Waals surface area contributed by atoms with Gasteiger partial charge in [0.1, 0.15) is 0 Å². The second-order valence-electron chi connectivity index (χ2n) is 4.16. The molecule has 1 amide bonds. The van der Waals surface area contributed by atoms with Gasteiger partial charge < -0.3 is 9.80 Å². The van der Waals surface area contributed by atoms with Crippen LogP contribution in [0.5, 0.6) is 0 Å². The molecule has 0 aromatic heterocycles. The Labute approximate surface area is 90.3 Å². The summed E-state index contributed by atoms with van der Waals surface area (Å²) >= 11 is 0. The third-order valence-corrected chi connectivity index (χ3v) is 2.90. The highest BCUT2D eigenvalue weighted by Gasteiger charge is 2.31. The third kappa shape index (κ3) is 2.02. The molecule has 1 fully saturated rings.